The highest BCUT2D eigenvalue weighted by Gasteiger charge is 2.51. The Hall–Kier alpha value is -0.680. The summed E-state index contributed by atoms with van der Waals surface area (Å²) in [6, 6.07) is 6.30. The summed E-state index contributed by atoms with van der Waals surface area (Å²) in [6.45, 7) is 2.31. The van der Waals surface area contributed by atoms with Crippen LogP contribution >= 0.6 is 31.9 Å². The van der Waals surface area contributed by atoms with E-state index in [2.05, 4.69) is 73.7 Å². The van der Waals surface area contributed by atoms with Crippen LogP contribution in [0.25, 0.3) is 11.4 Å². The van der Waals surface area contributed by atoms with Gasteiger partial charge in [-0.2, -0.15) is 0 Å². The minimum Gasteiger partial charge on any atom is -0.314 e. The molecule has 146 valence electrons. The summed E-state index contributed by atoms with van der Waals surface area (Å²) in [5, 5.41) is 9.33. The molecule has 3 fully saturated rings. The molecule has 3 aliphatic rings. The van der Waals surface area contributed by atoms with E-state index in [0.29, 0.717) is 5.41 Å². The second-order valence-corrected chi connectivity index (χ2v) is 10.6. The van der Waals surface area contributed by atoms with E-state index in [1.165, 1.54) is 70.0 Å². The summed E-state index contributed by atoms with van der Waals surface area (Å²) < 4.78 is 4.37. The average Bonchev–Trinajstić information content (AvgIpc) is 3.05. The van der Waals surface area contributed by atoms with Gasteiger partial charge in [-0.25, -0.2) is 0 Å². The molecule has 0 unspecified atom stereocenters. The number of aromatic nitrogens is 3. The van der Waals surface area contributed by atoms with Crippen molar-refractivity contribution in [2.24, 2.45) is 12.5 Å². The molecular weight excluding hydrogens is 466 g/mol. The fourth-order valence-electron chi connectivity index (χ4n) is 5.45. The van der Waals surface area contributed by atoms with E-state index in [1.54, 1.807) is 0 Å². The standard InChI is InChI=1S/C22H29Br2N3/c1-3-4-5-6-21-7-10-22(11-8-21,12-9-21)20-26-25-19(27(20)2)16-13-17(23)15-18(24)14-16/h13-15H,3-12H2,1-2H3. The molecule has 0 atom stereocenters. The van der Waals surface area contributed by atoms with Gasteiger partial charge in [-0.15, -0.1) is 10.2 Å². The first-order valence-electron chi connectivity index (χ1n) is 10.3. The Morgan fingerprint density at radius 1 is 0.926 bits per heavy atom. The first-order valence-corrected chi connectivity index (χ1v) is 11.9. The van der Waals surface area contributed by atoms with Crippen LogP contribution in [0.1, 0.15) is 77.0 Å². The first-order chi connectivity index (χ1) is 13.0. The van der Waals surface area contributed by atoms with Crippen molar-refractivity contribution >= 4 is 31.9 Å². The van der Waals surface area contributed by atoms with E-state index in [4.69, 9.17) is 5.10 Å². The van der Waals surface area contributed by atoms with Crippen LogP contribution in [-0.4, -0.2) is 14.8 Å². The van der Waals surface area contributed by atoms with Gasteiger partial charge in [-0.1, -0.05) is 58.0 Å². The Balaban J connectivity index is 1.57. The smallest absolute Gasteiger partial charge is 0.163 e. The highest BCUT2D eigenvalue weighted by molar-refractivity contribution is 9.11. The molecular formula is C22H29Br2N3. The number of rotatable bonds is 6. The van der Waals surface area contributed by atoms with Gasteiger partial charge in [0.1, 0.15) is 5.82 Å². The number of halogens is 2. The third-order valence-corrected chi connectivity index (χ3v) is 8.10. The van der Waals surface area contributed by atoms with Crippen LogP contribution in [-0.2, 0) is 12.5 Å². The molecule has 0 saturated heterocycles. The SMILES string of the molecule is CCCCCC12CCC(c3nnc(-c4cc(Br)cc(Br)c4)n3C)(CC1)CC2. The highest BCUT2D eigenvalue weighted by Crippen LogP contribution is 2.59. The van der Waals surface area contributed by atoms with Crippen LogP contribution in [0.2, 0.25) is 0 Å². The first kappa shape index (κ1) is 19.6. The molecule has 2 aromatic rings. The zero-order chi connectivity index (χ0) is 19.1. The van der Waals surface area contributed by atoms with Gasteiger partial charge in [-0.3, -0.25) is 0 Å². The molecule has 3 aliphatic carbocycles. The van der Waals surface area contributed by atoms with E-state index in [1.807, 2.05) is 0 Å². The summed E-state index contributed by atoms with van der Waals surface area (Å²) in [4.78, 5) is 0. The maximum Gasteiger partial charge on any atom is 0.163 e. The summed E-state index contributed by atoms with van der Waals surface area (Å²) in [5.74, 6) is 2.17. The minimum absolute atomic E-state index is 0.246. The molecule has 3 saturated carbocycles. The zero-order valence-electron chi connectivity index (χ0n) is 16.4. The quantitative estimate of drug-likeness (QED) is 0.398. The highest BCUT2D eigenvalue weighted by atomic mass is 79.9. The number of unbranched alkanes of at least 4 members (excludes halogenated alkanes) is 2. The largest absolute Gasteiger partial charge is 0.314 e. The maximum absolute atomic E-state index is 4.72. The summed E-state index contributed by atoms with van der Waals surface area (Å²) in [5.41, 5.74) is 1.98. The van der Waals surface area contributed by atoms with Crippen LogP contribution < -0.4 is 0 Å². The van der Waals surface area contributed by atoms with Crippen molar-refractivity contribution in [3.63, 3.8) is 0 Å². The summed E-state index contributed by atoms with van der Waals surface area (Å²) >= 11 is 7.19. The van der Waals surface area contributed by atoms with Crippen molar-refractivity contribution in [2.45, 2.75) is 76.5 Å². The van der Waals surface area contributed by atoms with Gasteiger partial charge >= 0.3 is 0 Å². The normalized spacial score (nSPS) is 27.3. The topological polar surface area (TPSA) is 30.7 Å². The lowest BCUT2D eigenvalue weighted by molar-refractivity contribution is 0.0250. The Morgan fingerprint density at radius 3 is 2.15 bits per heavy atom. The molecule has 5 heteroatoms. The van der Waals surface area contributed by atoms with E-state index >= 15 is 0 Å². The van der Waals surface area contributed by atoms with Crippen LogP contribution in [0.3, 0.4) is 0 Å². The second-order valence-electron chi connectivity index (χ2n) is 8.80. The van der Waals surface area contributed by atoms with E-state index < -0.39 is 0 Å². The molecule has 1 aromatic heterocycles. The maximum atomic E-state index is 4.72. The molecule has 1 heterocycles. The van der Waals surface area contributed by atoms with Crippen molar-refractivity contribution in [2.75, 3.05) is 0 Å². The molecule has 0 spiro atoms. The monoisotopic (exact) mass is 493 g/mol. The molecule has 0 aliphatic heterocycles. The Labute approximate surface area is 179 Å². The second kappa shape index (κ2) is 7.62. The van der Waals surface area contributed by atoms with Crippen LogP contribution in [0, 0.1) is 5.41 Å². The molecule has 2 bridgehead atoms. The molecule has 0 amide bonds. The predicted molar refractivity (Wildman–Crippen MR) is 118 cm³/mol. The average molecular weight is 495 g/mol. The van der Waals surface area contributed by atoms with Crippen LogP contribution in [0.5, 0.6) is 0 Å². The minimum atomic E-state index is 0.246. The number of fused-ring (bicyclic) bond motifs is 3. The lowest BCUT2D eigenvalue weighted by Gasteiger charge is -2.53. The summed E-state index contributed by atoms with van der Waals surface area (Å²) in [6.07, 6.45) is 13.6. The Kier molecular flexibility index (Phi) is 5.54. The number of hydrogen-bond donors (Lipinski definition) is 0. The molecule has 5 rings (SSSR count). The van der Waals surface area contributed by atoms with E-state index in [0.717, 1.165) is 20.3 Å². The summed E-state index contributed by atoms with van der Waals surface area (Å²) in [7, 11) is 2.14. The van der Waals surface area contributed by atoms with Gasteiger partial charge in [0.15, 0.2) is 5.82 Å². The fraction of sp³-hybridized carbons (Fsp3) is 0.636. The van der Waals surface area contributed by atoms with E-state index in [9.17, 15) is 0 Å². The van der Waals surface area contributed by atoms with Gasteiger partial charge < -0.3 is 4.57 Å². The Morgan fingerprint density at radius 2 is 1.56 bits per heavy atom. The van der Waals surface area contributed by atoms with Crippen LogP contribution in [0.4, 0.5) is 0 Å². The van der Waals surface area contributed by atoms with Crippen molar-refractivity contribution in [3.05, 3.63) is 33.0 Å². The molecule has 1 aromatic carbocycles. The Bertz CT molecular complexity index is 782. The van der Waals surface area contributed by atoms with Crippen molar-refractivity contribution in [3.8, 4) is 11.4 Å². The van der Waals surface area contributed by atoms with Crippen molar-refractivity contribution < 1.29 is 0 Å². The lowest BCUT2D eigenvalue weighted by Crippen LogP contribution is -2.45. The fourth-order valence-corrected chi connectivity index (χ4v) is 6.74. The van der Waals surface area contributed by atoms with Gasteiger partial charge in [0.05, 0.1) is 0 Å². The van der Waals surface area contributed by atoms with Gasteiger partial charge in [0.25, 0.3) is 0 Å². The molecule has 0 radical (unpaired) electrons. The van der Waals surface area contributed by atoms with Gasteiger partial charge in [0, 0.05) is 27.0 Å². The number of benzene rings is 1. The third kappa shape index (κ3) is 3.66. The van der Waals surface area contributed by atoms with Gasteiger partial charge in [0.2, 0.25) is 0 Å². The molecule has 0 N–H and O–H groups in total. The van der Waals surface area contributed by atoms with Crippen molar-refractivity contribution in [1.82, 2.24) is 14.8 Å². The number of hydrogen-bond acceptors (Lipinski definition) is 2. The van der Waals surface area contributed by atoms with E-state index in [-0.39, 0.29) is 5.41 Å². The zero-order valence-corrected chi connectivity index (χ0v) is 19.6. The van der Waals surface area contributed by atoms with Crippen molar-refractivity contribution in [1.29, 1.82) is 0 Å². The van der Waals surface area contributed by atoms with Crippen LogP contribution in [0.15, 0.2) is 27.1 Å². The van der Waals surface area contributed by atoms with Gasteiger partial charge in [-0.05, 0) is 68.6 Å². The third-order valence-electron chi connectivity index (χ3n) is 7.18. The molecule has 3 nitrogen and oxygen atoms in total. The lowest BCUT2D eigenvalue weighted by atomic mass is 9.52. The predicted octanol–water partition coefficient (Wildman–Crippen LogP) is 7.18. The number of nitrogens with zero attached hydrogens (tertiary/aromatic N) is 3. The molecule has 27 heavy (non-hydrogen) atoms.